The molecule has 8 heteroatoms. The molecular formula is C19H18N4O3S. The summed E-state index contributed by atoms with van der Waals surface area (Å²) in [5.74, 6) is -0.341. The number of thioether (sulfide) groups is 1. The maximum atomic E-state index is 12.3. The first kappa shape index (κ1) is 18.7. The van der Waals surface area contributed by atoms with E-state index >= 15 is 0 Å². The van der Waals surface area contributed by atoms with E-state index in [9.17, 15) is 14.9 Å². The summed E-state index contributed by atoms with van der Waals surface area (Å²) < 4.78 is 1.84. The molecule has 138 valence electrons. The molecule has 0 aliphatic carbocycles. The van der Waals surface area contributed by atoms with Crippen LogP contribution >= 0.6 is 11.8 Å². The van der Waals surface area contributed by atoms with Crippen molar-refractivity contribution in [2.45, 2.75) is 18.0 Å². The summed E-state index contributed by atoms with van der Waals surface area (Å²) in [5.41, 5.74) is 2.27. The molecule has 1 N–H and O–H groups in total. The number of nitrogens with zero attached hydrogens (tertiary/aromatic N) is 3. The van der Waals surface area contributed by atoms with Gasteiger partial charge < -0.3 is 5.32 Å². The lowest BCUT2D eigenvalue weighted by Crippen LogP contribution is -2.22. The Morgan fingerprint density at radius 1 is 1.22 bits per heavy atom. The standard InChI is InChI=1S/C19H18N4O3S/c1-27-18-8-7-16(11-17(18)23(25)26)19(24)20-12-14-3-5-15(6-4-14)13-22-10-2-9-21-22/h2-11H,12-13H2,1H3,(H,20,24). The second-order valence-electron chi connectivity index (χ2n) is 5.85. The monoisotopic (exact) mass is 382 g/mol. The van der Waals surface area contributed by atoms with Gasteiger partial charge in [0.1, 0.15) is 0 Å². The van der Waals surface area contributed by atoms with E-state index in [1.54, 1.807) is 24.6 Å². The molecule has 1 amide bonds. The second kappa shape index (κ2) is 8.50. The fraction of sp³-hybridized carbons (Fsp3) is 0.158. The van der Waals surface area contributed by atoms with E-state index in [1.165, 1.54) is 17.8 Å². The number of hydrogen-bond donors (Lipinski definition) is 1. The predicted molar refractivity (Wildman–Crippen MR) is 104 cm³/mol. The summed E-state index contributed by atoms with van der Waals surface area (Å²) in [5, 5.41) is 18.1. The Balaban J connectivity index is 1.62. The number of hydrogen-bond acceptors (Lipinski definition) is 5. The van der Waals surface area contributed by atoms with Gasteiger partial charge >= 0.3 is 0 Å². The Hall–Kier alpha value is -3.13. The topological polar surface area (TPSA) is 90.1 Å². The maximum absolute atomic E-state index is 12.3. The first-order chi connectivity index (χ1) is 13.1. The first-order valence-corrected chi connectivity index (χ1v) is 9.45. The summed E-state index contributed by atoms with van der Waals surface area (Å²) in [4.78, 5) is 23.5. The number of nitro benzene ring substituents is 1. The van der Waals surface area contributed by atoms with E-state index in [2.05, 4.69) is 10.4 Å². The van der Waals surface area contributed by atoms with Crippen molar-refractivity contribution >= 4 is 23.4 Å². The van der Waals surface area contributed by atoms with Gasteiger partial charge in [0.25, 0.3) is 11.6 Å². The normalized spacial score (nSPS) is 10.6. The number of aromatic nitrogens is 2. The largest absolute Gasteiger partial charge is 0.348 e. The summed E-state index contributed by atoms with van der Waals surface area (Å²) in [6, 6.07) is 14.2. The Morgan fingerprint density at radius 3 is 2.59 bits per heavy atom. The fourth-order valence-corrected chi connectivity index (χ4v) is 3.15. The number of carbonyl (C=O) groups is 1. The van der Waals surface area contributed by atoms with Crippen LogP contribution in [0.2, 0.25) is 0 Å². The maximum Gasteiger partial charge on any atom is 0.283 e. The highest BCUT2D eigenvalue weighted by Gasteiger charge is 2.16. The molecule has 0 radical (unpaired) electrons. The molecule has 0 bridgehead atoms. The molecule has 0 saturated heterocycles. The number of rotatable bonds is 7. The van der Waals surface area contributed by atoms with Gasteiger partial charge in [0.05, 0.1) is 16.4 Å². The average molecular weight is 382 g/mol. The number of benzene rings is 2. The van der Waals surface area contributed by atoms with E-state index in [4.69, 9.17) is 0 Å². The molecule has 27 heavy (non-hydrogen) atoms. The van der Waals surface area contributed by atoms with Crippen molar-refractivity contribution in [1.82, 2.24) is 15.1 Å². The van der Waals surface area contributed by atoms with Gasteiger partial charge in [0.2, 0.25) is 0 Å². The van der Waals surface area contributed by atoms with Crippen LogP contribution in [0.5, 0.6) is 0 Å². The number of amides is 1. The Morgan fingerprint density at radius 2 is 1.96 bits per heavy atom. The van der Waals surface area contributed by atoms with E-state index in [0.717, 1.165) is 11.1 Å². The lowest BCUT2D eigenvalue weighted by Gasteiger charge is -2.08. The third-order valence-corrected chi connectivity index (χ3v) is 4.80. The van der Waals surface area contributed by atoms with Crippen molar-refractivity contribution in [3.8, 4) is 0 Å². The van der Waals surface area contributed by atoms with Crippen LogP contribution in [0.4, 0.5) is 5.69 Å². The molecule has 1 aromatic heterocycles. The first-order valence-electron chi connectivity index (χ1n) is 8.22. The van der Waals surface area contributed by atoms with E-state index < -0.39 is 4.92 Å². The minimum absolute atomic E-state index is 0.0573. The summed E-state index contributed by atoms with van der Waals surface area (Å²) in [6.07, 6.45) is 5.40. The van der Waals surface area contributed by atoms with Crippen molar-refractivity contribution in [1.29, 1.82) is 0 Å². The second-order valence-corrected chi connectivity index (χ2v) is 6.69. The highest BCUT2D eigenvalue weighted by molar-refractivity contribution is 7.98. The molecule has 3 rings (SSSR count). The Labute approximate surface area is 160 Å². The van der Waals surface area contributed by atoms with Gasteiger partial charge in [-0.1, -0.05) is 24.3 Å². The molecule has 0 fully saturated rings. The van der Waals surface area contributed by atoms with Crippen LogP contribution in [0.25, 0.3) is 0 Å². The minimum atomic E-state index is -0.471. The van der Waals surface area contributed by atoms with Crippen LogP contribution in [0.3, 0.4) is 0 Å². The number of nitrogens with one attached hydrogen (secondary N) is 1. The smallest absolute Gasteiger partial charge is 0.283 e. The molecular weight excluding hydrogens is 364 g/mol. The molecule has 0 aliphatic heterocycles. The highest BCUT2D eigenvalue weighted by atomic mass is 32.2. The average Bonchev–Trinajstić information content (AvgIpc) is 3.19. The molecule has 0 aliphatic rings. The quantitative estimate of drug-likeness (QED) is 0.384. The van der Waals surface area contributed by atoms with Gasteiger partial charge in [-0.3, -0.25) is 19.6 Å². The van der Waals surface area contributed by atoms with Crippen LogP contribution in [-0.4, -0.2) is 26.9 Å². The predicted octanol–water partition coefficient (Wildman–Crippen LogP) is 3.49. The van der Waals surface area contributed by atoms with E-state index in [0.29, 0.717) is 18.0 Å². The lowest BCUT2D eigenvalue weighted by molar-refractivity contribution is -0.387. The summed E-state index contributed by atoms with van der Waals surface area (Å²) >= 11 is 1.28. The van der Waals surface area contributed by atoms with Gasteiger partial charge in [-0.25, -0.2) is 0 Å². The highest BCUT2D eigenvalue weighted by Crippen LogP contribution is 2.28. The third kappa shape index (κ3) is 4.73. The third-order valence-electron chi connectivity index (χ3n) is 4.02. The lowest BCUT2D eigenvalue weighted by atomic mass is 10.1. The van der Waals surface area contributed by atoms with Crippen molar-refractivity contribution in [2.75, 3.05) is 6.26 Å². The van der Waals surface area contributed by atoms with Gasteiger partial charge in [0.15, 0.2) is 0 Å². The zero-order valence-electron chi connectivity index (χ0n) is 14.7. The van der Waals surface area contributed by atoms with Crippen molar-refractivity contribution in [3.63, 3.8) is 0 Å². The Kier molecular flexibility index (Phi) is 5.87. The molecule has 0 unspecified atom stereocenters. The van der Waals surface area contributed by atoms with Crippen molar-refractivity contribution in [2.24, 2.45) is 0 Å². The summed E-state index contributed by atoms with van der Waals surface area (Å²) in [7, 11) is 0. The van der Waals surface area contributed by atoms with E-state index in [1.807, 2.05) is 41.2 Å². The molecule has 7 nitrogen and oxygen atoms in total. The minimum Gasteiger partial charge on any atom is -0.348 e. The summed E-state index contributed by atoms with van der Waals surface area (Å²) in [6.45, 7) is 1.03. The van der Waals surface area contributed by atoms with Gasteiger partial charge in [-0.15, -0.1) is 11.8 Å². The van der Waals surface area contributed by atoms with Crippen LogP contribution in [0.1, 0.15) is 21.5 Å². The zero-order chi connectivity index (χ0) is 19.2. The molecule has 0 atom stereocenters. The van der Waals surface area contributed by atoms with Gasteiger partial charge in [0, 0.05) is 30.6 Å². The Bertz CT molecular complexity index is 940. The number of nitro groups is 1. The van der Waals surface area contributed by atoms with Gasteiger partial charge in [-0.05, 0) is 35.6 Å². The zero-order valence-corrected chi connectivity index (χ0v) is 15.5. The van der Waals surface area contributed by atoms with Crippen LogP contribution in [0, 0.1) is 10.1 Å². The van der Waals surface area contributed by atoms with Crippen LogP contribution in [0.15, 0.2) is 65.8 Å². The molecule has 3 aromatic rings. The van der Waals surface area contributed by atoms with Crippen LogP contribution in [-0.2, 0) is 13.1 Å². The SMILES string of the molecule is CSc1ccc(C(=O)NCc2ccc(Cn3cccn3)cc2)cc1[N+](=O)[O-]. The van der Waals surface area contributed by atoms with Gasteiger partial charge in [-0.2, -0.15) is 5.10 Å². The molecule has 0 spiro atoms. The molecule has 0 saturated carbocycles. The fourth-order valence-electron chi connectivity index (χ4n) is 2.60. The van der Waals surface area contributed by atoms with Crippen molar-refractivity contribution in [3.05, 3.63) is 87.7 Å². The molecule has 2 aromatic carbocycles. The molecule has 1 heterocycles. The van der Waals surface area contributed by atoms with Crippen molar-refractivity contribution < 1.29 is 9.72 Å². The van der Waals surface area contributed by atoms with E-state index in [-0.39, 0.29) is 17.2 Å². The number of carbonyl (C=O) groups excluding carboxylic acids is 1. The van der Waals surface area contributed by atoms with Crippen LogP contribution < -0.4 is 5.32 Å².